The molecule has 1 amide bonds. The van der Waals surface area contributed by atoms with Crippen LogP contribution in [-0.4, -0.2) is 55.3 Å². The zero-order valence-electron chi connectivity index (χ0n) is 14.6. The first-order valence-corrected chi connectivity index (χ1v) is 7.85. The first-order valence-electron chi connectivity index (χ1n) is 7.85. The number of carbonyl (C=O) groups is 3. The Balaban J connectivity index is 2.65. The Kier molecular flexibility index (Phi) is 6.84. The number of hydrogen-bond donors (Lipinski definition) is 0. The molecule has 23 heavy (non-hydrogen) atoms. The molecule has 0 unspecified atom stereocenters. The summed E-state index contributed by atoms with van der Waals surface area (Å²) in [5.41, 5.74) is -0.551. The number of hydrogen-bond acceptors (Lipinski definition) is 6. The minimum absolute atomic E-state index is 0.0401. The third kappa shape index (κ3) is 5.73. The number of ether oxygens (including phenoxy) is 3. The van der Waals surface area contributed by atoms with Crippen molar-refractivity contribution < 1.29 is 28.6 Å². The van der Waals surface area contributed by atoms with Crippen LogP contribution in [0.15, 0.2) is 0 Å². The predicted octanol–water partition coefficient (Wildman–Crippen LogP) is 2.13. The Hall–Kier alpha value is -1.79. The van der Waals surface area contributed by atoms with E-state index >= 15 is 0 Å². The van der Waals surface area contributed by atoms with Crippen molar-refractivity contribution in [3.63, 3.8) is 0 Å². The molecule has 0 aromatic carbocycles. The lowest BCUT2D eigenvalue weighted by atomic mass is 9.99. The van der Waals surface area contributed by atoms with Crippen molar-refractivity contribution in [2.75, 3.05) is 20.8 Å². The number of amides is 1. The number of rotatable bonds is 5. The highest BCUT2D eigenvalue weighted by Crippen LogP contribution is 2.26. The van der Waals surface area contributed by atoms with Crippen LogP contribution in [0.4, 0.5) is 4.79 Å². The van der Waals surface area contributed by atoms with Crippen molar-refractivity contribution >= 4 is 18.0 Å². The van der Waals surface area contributed by atoms with Crippen molar-refractivity contribution in [1.29, 1.82) is 0 Å². The molecule has 0 aromatic rings. The molecule has 1 heterocycles. The summed E-state index contributed by atoms with van der Waals surface area (Å²) in [4.78, 5) is 37.3. The van der Waals surface area contributed by atoms with Gasteiger partial charge < -0.3 is 19.1 Å². The summed E-state index contributed by atoms with van der Waals surface area (Å²) in [5.74, 6) is -2.18. The maximum atomic E-state index is 12.2. The minimum Gasteiger partial charge on any atom is -0.468 e. The first kappa shape index (κ1) is 19.3. The SMILES string of the molecule is COC(=O)C(CC[C@H]1CCCN1C(=O)OC(C)(C)C)C(=O)OC. The number of methoxy groups -OCH3 is 2. The Morgan fingerprint density at radius 1 is 1.13 bits per heavy atom. The van der Waals surface area contributed by atoms with E-state index in [-0.39, 0.29) is 18.6 Å². The van der Waals surface area contributed by atoms with Crippen molar-refractivity contribution in [3.8, 4) is 0 Å². The molecule has 0 N–H and O–H groups in total. The van der Waals surface area contributed by atoms with E-state index in [1.165, 1.54) is 14.2 Å². The molecule has 1 aliphatic rings. The number of nitrogens with zero attached hydrogens (tertiary/aromatic N) is 1. The molecule has 7 nitrogen and oxygen atoms in total. The quantitative estimate of drug-likeness (QED) is 0.436. The van der Waals surface area contributed by atoms with Gasteiger partial charge in [-0.25, -0.2) is 4.79 Å². The monoisotopic (exact) mass is 329 g/mol. The normalized spacial score (nSPS) is 18.0. The summed E-state index contributed by atoms with van der Waals surface area (Å²) in [6.45, 7) is 6.09. The zero-order valence-corrected chi connectivity index (χ0v) is 14.6. The van der Waals surface area contributed by atoms with E-state index in [4.69, 9.17) is 4.74 Å². The summed E-state index contributed by atoms with van der Waals surface area (Å²) < 4.78 is 14.7. The van der Waals surface area contributed by atoms with E-state index < -0.39 is 23.5 Å². The maximum Gasteiger partial charge on any atom is 0.410 e. The molecule has 1 rings (SSSR count). The second kappa shape index (κ2) is 8.17. The molecule has 0 radical (unpaired) electrons. The van der Waals surface area contributed by atoms with Gasteiger partial charge in [0.15, 0.2) is 5.92 Å². The van der Waals surface area contributed by atoms with Gasteiger partial charge >= 0.3 is 18.0 Å². The van der Waals surface area contributed by atoms with Crippen molar-refractivity contribution in [2.45, 2.75) is 58.1 Å². The highest BCUT2D eigenvalue weighted by atomic mass is 16.6. The van der Waals surface area contributed by atoms with Gasteiger partial charge in [-0.3, -0.25) is 9.59 Å². The third-order valence-electron chi connectivity index (χ3n) is 3.77. The lowest BCUT2D eigenvalue weighted by Crippen LogP contribution is -2.40. The van der Waals surface area contributed by atoms with Crippen LogP contribution in [0, 0.1) is 5.92 Å². The van der Waals surface area contributed by atoms with Gasteiger partial charge in [-0.1, -0.05) is 0 Å². The molecule has 1 atom stereocenters. The van der Waals surface area contributed by atoms with Crippen LogP contribution in [0.25, 0.3) is 0 Å². The van der Waals surface area contributed by atoms with Crippen LogP contribution in [-0.2, 0) is 23.8 Å². The van der Waals surface area contributed by atoms with E-state index in [1.807, 2.05) is 20.8 Å². The van der Waals surface area contributed by atoms with Crippen molar-refractivity contribution in [2.24, 2.45) is 5.92 Å². The second-order valence-corrected chi connectivity index (χ2v) is 6.65. The molecule has 1 fully saturated rings. The first-order chi connectivity index (χ1) is 10.7. The fraction of sp³-hybridized carbons (Fsp3) is 0.812. The molecular weight excluding hydrogens is 302 g/mol. The summed E-state index contributed by atoms with van der Waals surface area (Å²) in [6.07, 6.45) is 2.16. The fourth-order valence-corrected chi connectivity index (χ4v) is 2.67. The lowest BCUT2D eigenvalue weighted by molar-refractivity contribution is -0.159. The largest absolute Gasteiger partial charge is 0.468 e. The molecular formula is C16H27NO6. The van der Waals surface area contributed by atoms with Gasteiger partial charge in [-0.05, 0) is 46.5 Å². The van der Waals surface area contributed by atoms with Gasteiger partial charge in [0, 0.05) is 12.6 Å². The maximum absolute atomic E-state index is 12.2. The highest BCUT2D eigenvalue weighted by molar-refractivity contribution is 5.94. The third-order valence-corrected chi connectivity index (χ3v) is 3.77. The Morgan fingerprint density at radius 2 is 1.70 bits per heavy atom. The number of carbonyl (C=O) groups excluding carboxylic acids is 3. The number of esters is 2. The molecule has 0 spiro atoms. The molecule has 1 aliphatic heterocycles. The summed E-state index contributed by atoms with van der Waals surface area (Å²) in [6, 6.07) is -0.0401. The molecule has 0 aromatic heterocycles. The van der Waals surface area contributed by atoms with Gasteiger partial charge in [-0.2, -0.15) is 0 Å². The summed E-state index contributed by atoms with van der Waals surface area (Å²) in [7, 11) is 2.47. The van der Waals surface area contributed by atoms with Crippen LogP contribution in [0.1, 0.15) is 46.5 Å². The topological polar surface area (TPSA) is 82.1 Å². The van der Waals surface area contributed by atoms with E-state index in [0.29, 0.717) is 13.0 Å². The molecule has 0 bridgehead atoms. The lowest BCUT2D eigenvalue weighted by Gasteiger charge is -2.29. The average Bonchev–Trinajstić information content (AvgIpc) is 2.93. The van der Waals surface area contributed by atoms with Gasteiger partial charge in [0.25, 0.3) is 0 Å². The molecule has 0 aliphatic carbocycles. The van der Waals surface area contributed by atoms with Gasteiger partial charge in [0.1, 0.15) is 5.60 Å². The highest BCUT2D eigenvalue weighted by Gasteiger charge is 2.35. The standard InChI is InChI=1S/C16H27NO6/c1-16(2,3)23-15(20)17-10-6-7-11(17)8-9-12(13(18)21-4)14(19)22-5/h11-12H,6-10H2,1-5H3/t11-/m1/s1. The zero-order chi connectivity index (χ0) is 17.6. The van der Waals surface area contributed by atoms with Crippen LogP contribution in [0.3, 0.4) is 0 Å². The number of likely N-dealkylation sites (tertiary alicyclic amines) is 1. The van der Waals surface area contributed by atoms with Gasteiger partial charge in [-0.15, -0.1) is 0 Å². The van der Waals surface area contributed by atoms with E-state index in [2.05, 4.69) is 9.47 Å². The van der Waals surface area contributed by atoms with Gasteiger partial charge in [0.2, 0.25) is 0 Å². The summed E-state index contributed by atoms with van der Waals surface area (Å²) >= 11 is 0. The Labute approximate surface area is 137 Å². The molecule has 132 valence electrons. The van der Waals surface area contributed by atoms with E-state index in [9.17, 15) is 14.4 Å². The Bertz CT molecular complexity index is 426. The molecule has 1 saturated heterocycles. The van der Waals surface area contributed by atoms with E-state index in [1.54, 1.807) is 4.90 Å². The van der Waals surface area contributed by atoms with Crippen LogP contribution in [0.2, 0.25) is 0 Å². The Morgan fingerprint density at radius 3 is 2.17 bits per heavy atom. The van der Waals surface area contributed by atoms with E-state index in [0.717, 1.165) is 12.8 Å². The fourth-order valence-electron chi connectivity index (χ4n) is 2.67. The predicted molar refractivity (Wildman–Crippen MR) is 82.7 cm³/mol. The molecule has 7 heteroatoms. The van der Waals surface area contributed by atoms with Crippen molar-refractivity contribution in [3.05, 3.63) is 0 Å². The minimum atomic E-state index is -0.953. The van der Waals surface area contributed by atoms with Crippen LogP contribution < -0.4 is 0 Å². The second-order valence-electron chi connectivity index (χ2n) is 6.65. The smallest absolute Gasteiger partial charge is 0.410 e. The van der Waals surface area contributed by atoms with Gasteiger partial charge in [0.05, 0.1) is 14.2 Å². The van der Waals surface area contributed by atoms with Crippen LogP contribution in [0.5, 0.6) is 0 Å². The van der Waals surface area contributed by atoms with Crippen LogP contribution >= 0.6 is 0 Å². The molecule has 0 saturated carbocycles. The summed E-state index contributed by atoms with van der Waals surface area (Å²) in [5, 5.41) is 0. The van der Waals surface area contributed by atoms with Crippen molar-refractivity contribution in [1.82, 2.24) is 4.90 Å². The average molecular weight is 329 g/mol.